The largest absolute Gasteiger partial charge is 0.497 e. The van der Waals surface area contributed by atoms with E-state index in [1.54, 1.807) is 7.11 Å². The van der Waals surface area contributed by atoms with E-state index in [9.17, 15) is 4.79 Å². The van der Waals surface area contributed by atoms with E-state index in [4.69, 9.17) is 9.47 Å². The van der Waals surface area contributed by atoms with E-state index in [0.29, 0.717) is 0 Å². The molecular weight excluding hydrogens is 402 g/mol. The number of nitrogens with zero attached hydrogens (tertiary/aromatic N) is 2. The molecule has 1 heterocycles. The van der Waals surface area contributed by atoms with Crippen LogP contribution < -0.4 is 19.7 Å². The molecule has 1 aliphatic rings. The molecule has 1 unspecified atom stereocenters. The van der Waals surface area contributed by atoms with Crippen LogP contribution in [0.25, 0.3) is 0 Å². The third-order valence-corrected chi connectivity index (χ3v) is 5.78. The van der Waals surface area contributed by atoms with Crippen LogP contribution in [0.2, 0.25) is 0 Å². The Kier molecular flexibility index (Phi) is 6.92. The third kappa shape index (κ3) is 5.39. The second-order valence-corrected chi connectivity index (χ2v) is 7.83. The summed E-state index contributed by atoms with van der Waals surface area (Å²) in [4.78, 5) is 17.4. The maximum absolute atomic E-state index is 12.8. The summed E-state index contributed by atoms with van der Waals surface area (Å²) >= 11 is 0. The van der Waals surface area contributed by atoms with E-state index in [0.717, 1.165) is 49.1 Å². The highest BCUT2D eigenvalue weighted by molar-refractivity contribution is 5.94. The van der Waals surface area contributed by atoms with E-state index >= 15 is 0 Å². The maximum atomic E-state index is 12.8. The van der Waals surface area contributed by atoms with Crippen molar-refractivity contribution >= 4 is 17.3 Å². The number of para-hydroxylation sites is 1. The second kappa shape index (κ2) is 10.2. The van der Waals surface area contributed by atoms with Crippen molar-refractivity contribution in [3.63, 3.8) is 0 Å². The van der Waals surface area contributed by atoms with Crippen molar-refractivity contribution in [2.24, 2.45) is 0 Å². The van der Waals surface area contributed by atoms with Crippen LogP contribution in [-0.2, 0) is 4.79 Å². The average Bonchev–Trinajstić information content (AvgIpc) is 2.85. The number of carbonyl (C=O) groups excluding carboxylic acids is 1. The van der Waals surface area contributed by atoms with Crippen LogP contribution in [0.1, 0.15) is 6.92 Å². The summed E-state index contributed by atoms with van der Waals surface area (Å²) in [5, 5.41) is 3.02. The lowest BCUT2D eigenvalue weighted by atomic mass is 10.2. The number of hydrogen-bond donors (Lipinski definition) is 1. The van der Waals surface area contributed by atoms with Crippen molar-refractivity contribution in [2.45, 2.75) is 13.0 Å². The maximum Gasteiger partial charge on any atom is 0.241 e. The number of nitrogens with one attached hydrogen (secondary N) is 1. The normalized spacial score (nSPS) is 15.1. The van der Waals surface area contributed by atoms with Gasteiger partial charge < -0.3 is 19.7 Å². The van der Waals surface area contributed by atoms with Gasteiger partial charge in [0, 0.05) is 37.6 Å². The van der Waals surface area contributed by atoms with Gasteiger partial charge in [0.2, 0.25) is 5.91 Å². The quantitative estimate of drug-likeness (QED) is 0.591. The molecule has 0 bridgehead atoms. The molecule has 1 N–H and O–H groups in total. The smallest absolute Gasteiger partial charge is 0.241 e. The van der Waals surface area contributed by atoms with Gasteiger partial charge in [-0.25, -0.2) is 0 Å². The van der Waals surface area contributed by atoms with Crippen molar-refractivity contribution in [2.75, 3.05) is 43.5 Å². The highest BCUT2D eigenvalue weighted by atomic mass is 16.5. The Morgan fingerprint density at radius 2 is 1.41 bits per heavy atom. The standard InChI is InChI=1S/C26H29N3O3/c1-20(28-16-18-29(19-17-28)22-10-14-23(31-2)15-11-22)26(30)27-21-8-12-25(13-9-21)32-24-6-4-3-5-7-24/h3-15,20H,16-19H2,1-2H3,(H,27,30). The molecule has 1 amide bonds. The van der Waals surface area contributed by atoms with E-state index in [1.807, 2.05) is 73.7 Å². The Hall–Kier alpha value is -3.51. The number of methoxy groups -OCH3 is 1. The lowest BCUT2D eigenvalue weighted by Crippen LogP contribution is -2.52. The first-order valence-corrected chi connectivity index (χ1v) is 10.9. The lowest BCUT2D eigenvalue weighted by Gasteiger charge is -2.38. The van der Waals surface area contributed by atoms with Crippen LogP contribution in [0.15, 0.2) is 78.9 Å². The lowest BCUT2D eigenvalue weighted by molar-refractivity contribution is -0.120. The van der Waals surface area contributed by atoms with Gasteiger partial charge in [0.1, 0.15) is 17.2 Å². The number of anilines is 2. The molecule has 6 nitrogen and oxygen atoms in total. The summed E-state index contributed by atoms with van der Waals surface area (Å²) in [5.41, 5.74) is 1.94. The van der Waals surface area contributed by atoms with Crippen LogP contribution in [0, 0.1) is 0 Å². The van der Waals surface area contributed by atoms with Crippen LogP contribution >= 0.6 is 0 Å². The van der Waals surface area contributed by atoms with Crippen LogP contribution in [-0.4, -0.2) is 50.1 Å². The van der Waals surface area contributed by atoms with Gasteiger partial charge >= 0.3 is 0 Å². The van der Waals surface area contributed by atoms with Gasteiger partial charge in [-0.05, 0) is 67.6 Å². The number of ether oxygens (including phenoxy) is 2. The first kappa shape index (κ1) is 21.7. The van der Waals surface area contributed by atoms with Crippen molar-refractivity contribution in [1.82, 2.24) is 4.90 Å². The highest BCUT2D eigenvalue weighted by Crippen LogP contribution is 2.24. The fourth-order valence-electron chi connectivity index (χ4n) is 3.80. The van der Waals surface area contributed by atoms with Crippen LogP contribution in [0.3, 0.4) is 0 Å². The SMILES string of the molecule is COc1ccc(N2CCN(C(C)C(=O)Nc3ccc(Oc4ccccc4)cc3)CC2)cc1. The summed E-state index contributed by atoms with van der Waals surface area (Å²) in [7, 11) is 1.67. The molecule has 4 rings (SSSR count). The van der Waals surface area contributed by atoms with Gasteiger partial charge in [-0.2, -0.15) is 0 Å². The Labute approximate surface area is 189 Å². The zero-order chi connectivity index (χ0) is 22.3. The molecule has 6 heteroatoms. The zero-order valence-electron chi connectivity index (χ0n) is 18.5. The van der Waals surface area contributed by atoms with Gasteiger partial charge in [-0.3, -0.25) is 9.69 Å². The Balaban J connectivity index is 1.27. The fourth-order valence-corrected chi connectivity index (χ4v) is 3.80. The number of piperazine rings is 1. The summed E-state index contributed by atoms with van der Waals surface area (Å²) < 4.78 is 11.0. The van der Waals surface area contributed by atoms with Gasteiger partial charge in [0.05, 0.1) is 13.2 Å². The van der Waals surface area contributed by atoms with Gasteiger partial charge in [-0.1, -0.05) is 18.2 Å². The highest BCUT2D eigenvalue weighted by Gasteiger charge is 2.25. The first-order valence-electron chi connectivity index (χ1n) is 10.9. The molecule has 1 aliphatic heterocycles. The molecule has 1 fully saturated rings. The molecule has 3 aromatic carbocycles. The number of hydrogen-bond acceptors (Lipinski definition) is 5. The number of benzene rings is 3. The van der Waals surface area contributed by atoms with Gasteiger partial charge in [0.25, 0.3) is 0 Å². The molecule has 0 saturated carbocycles. The van der Waals surface area contributed by atoms with Gasteiger partial charge in [-0.15, -0.1) is 0 Å². The van der Waals surface area contributed by atoms with Crippen molar-refractivity contribution in [3.8, 4) is 17.2 Å². The van der Waals surface area contributed by atoms with Crippen molar-refractivity contribution < 1.29 is 14.3 Å². The van der Waals surface area contributed by atoms with Crippen LogP contribution in [0.4, 0.5) is 11.4 Å². The molecule has 0 aliphatic carbocycles. The Morgan fingerprint density at radius 1 is 0.812 bits per heavy atom. The predicted octanol–water partition coefficient (Wildman–Crippen LogP) is 4.64. The van der Waals surface area contributed by atoms with E-state index < -0.39 is 0 Å². The topological polar surface area (TPSA) is 54.0 Å². The molecule has 0 spiro atoms. The molecule has 0 aromatic heterocycles. The molecule has 32 heavy (non-hydrogen) atoms. The Morgan fingerprint density at radius 3 is 2.03 bits per heavy atom. The summed E-state index contributed by atoms with van der Waals surface area (Å²) in [6.45, 7) is 5.41. The molecule has 1 atom stereocenters. The minimum absolute atomic E-state index is 0.000347. The summed E-state index contributed by atoms with van der Waals surface area (Å²) in [6, 6.07) is 25.0. The first-order chi connectivity index (χ1) is 15.6. The number of carbonyl (C=O) groups is 1. The molecule has 1 saturated heterocycles. The average molecular weight is 432 g/mol. The predicted molar refractivity (Wildman–Crippen MR) is 128 cm³/mol. The van der Waals surface area contributed by atoms with Crippen LogP contribution in [0.5, 0.6) is 17.2 Å². The van der Waals surface area contributed by atoms with Crippen molar-refractivity contribution in [3.05, 3.63) is 78.9 Å². The summed E-state index contributed by atoms with van der Waals surface area (Å²) in [5.74, 6) is 2.38. The monoisotopic (exact) mass is 431 g/mol. The van der Waals surface area contributed by atoms with Crippen molar-refractivity contribution in [1.29, 1.82) is 0 Å². The molecular formula is C26H29N3O3. The Bertz CT molecular complexity index is 999. The molecule has 3 aromatic rings. The molecule has 166 valence electrons. The minimum atomic E-state index is -0.201. The third-order valence-electron chi connectivity index (χ3n) is 5.78. The fraction of sp³-hybridized carbons (Fsp3) is 0.269. The van der Waals surface area contributed by atoms with E-state index in [-0.39, 0.29) is 11.9 Å². The minimum Gasteiger partial charge on any atom is -0.497 e. The second-order valence-electron chi connectivity index (χ2n) is 7.83. The van der Waals surface area contributed by atoms with E-state index in [2.05, 4.69) is 27.2 Å². The van der Waals surface area contributed by atoms with Gasteiger partial charge in [0.15, 0.2) is 0 Å². The number of amides is 1. The summed E-state index contributed by atoms with van der Waals surface area (Å²) in [6.07, 6.45) is 0. The number of rotatable bonds is 7. The molecule has 0 radical (unpaired) electrons. The zero-order valence-corrected chi connectivity index (χ0v) is 18.5. The van der Waals surface area contributed by atoms with E-state index in [1.165, 1.54) is 5.69 Å².